The molecule has 0 amide bonds. The van der Waals surface area contributed by atoms with Crippen molar-refractivity contribution in [2.45, 2.75) is 39.9 Å². The van der Waals surface area contributed by atoms with Gasteiger partial charge in [-0.05, 0) is 31.9 Å². The first-order valence-corrected chi connectivity index (χ1v) is 6.74. The maximum atomic E-state index is 11.6. The van der Waals surface area contributed by atoms with E-state index in [2.05, 4.69) is 30.9 Å². The molecule has 0 unspecified atom stereocenters. The van der Waals surface area contributed by atoms with Gasteiger partial charge in [-0.1, -0.05) is 24.3 Å². The van der Waals surface area contributed by atoms with Crippen LogP contribution in [0.2, 0.25) is 0 Å². The monoisotopic (exact) mass is 264 g/mol. The van der Waals surface area contributed by atoms with E-state index in [-0.39, 0.29) is 5.97 Å². The van der Waals surface area contributed by atoms with Crippen LogP contribution in [0.1, 0.15) is 31.9 Å². The van der Waals surface area contributed by atoms with Gasteiger partial charge in [0, 0.05) is 19.1 Å². The van der Waals surface area contributed by atoms with Crippen LogP contribution in [0.4, 0.5) is 0 Å². The number of esters is 1. The highest BCUT2D eigenvalue weighted by atomic mass is 16.5. The van der Waals surface area contributed by atoms with Crippen LogP contribution in [0.3, 0.4) is 0 Å². The zero-order valence-electron chi connectivity index (χ0n) is 12.1. The van der Waals surface area contributed by atoms with E-state index in [1.54, 1.807) is 0 Å². The van der Waals surface area contributed by atoms with E-state index in [1.807, 2.05) is 19.1 Å². The predicted octanol–water partition coefficient (Wildman–Crippen LogP) is 1.92. The van der Waals surface area contributed by atoms with Crippen LogP contribution in [0.5, 0.6) is 0 Å². The van der Waals surface area contributed by atoms with Gasteiger partial charge in [0.05, 0.1) is 13.2 Å². The standard InChI is InChI=1S/C15H24N2O2/c1-4-19-15(18)11-17(12(2)3)10-14-7-5-13(9-16)6-8-14/h5-8,12H,4,9-11,16H2,1-3H3. The number of nitrogens with zero attached hydrogens (tertiary/aromatic N) is 1. The second-order valence-electron chi connectivity index (χ2n) is 4.82. The summed E-state index contributed by atoms with van der Waals surface area (Å²) in [6.45, 7) is 8.02. The lowest BCUT2D eigenvalue weighted by atomic mass is 10.1. The van der Waals surface area contributed by atoms with Gasteiger partial charge in [0.2, 0.25) is 0 Å². The molecule has 0 aliphatic carbocycles. The minimum atomic E-state index is -0.172. The molecule has 0 radical (unpaired) electrons. The summed E-state index contributed by atoms with van der Waals surface area (Å²) in [5, 5.41) is 0. The molecule has 0 saturated heterocycles. The summed E-state index contributed by atoms with van der Waals surface area (Å²) in [4.78, 5) is 13.7. The summed E-state index contributed by atoms with van der Waals surface area (Å²) in [7, 11) is 0. The fourth-order valence-electron chi connectivity index (χ4n) is 1.81. The van der Waals surface area contributed by atoms with Gasteiger partial charge in [-0.25, -0.2) is 0 Å². The molecule has 1 aromatic rings. The van der Waals surface area contributed by atoms with Gasteiger partial charge in [-0.2, -0.15) is 0 Å². The molecule has 0 fully saturated rings. The molecule has 106 valence electrons. The first-order chi connectivity index (χ1) is 9.06. The quantitative estimate of drug-likeness (QED) is 0.764. The number of hydrogen-bond acceptors (Lipinski definition) is 4. The van der Waals surface area contributed by atoms with Crippen molar-refractivity contribution in [2.24, 2.45) is 5.73 Å². The zero-order chi connectivity index (χ0) is 14.3. The largest absolute Gasteiger partial charge is 0.465 e. The highest BCUT2D eigenvalue weighted by Crippen LogP contribution is 2.10. The van der Waals surface area contributed by atoms with E-state index in [0.29, 0.717) is 25.7 Å². The molecule has 0 bridgehead atoms. The third-order valence-electron chi connectivity index (χ3n) is 3.01. The fourth-order valence-corrected chi connectivity index (χ4v) is 1.81. The second-order valence-corrected chi connectivity index (χ2v) is 4.82. The van der Waals surface area contributed by atoms with Gasteiger partial charge >= 0.3 is 5.97 Å². The summed E-state index contributed by atoms with van der Waals surface area (Å²) in [5.74, 6) is -0.172. The first-order valence-electron chi connectivity index (χ1n) is 6.74. The van der Waals surface area contributed by atoms with Crippen molar-refractivity contribution in [1.82, 2.24) is 4.90 Å². The molecule has 1 rings (SSSR count). The van der Waals surface area contributed by atoms with Crippen molar-refractivity contribution < 1.29 is 9.53 Å². The van der Waals surface area contributed by atoms with Gasteiger partial charge in [0.25, 0.3) is 0 Å². The van der Waals surface area contributed by atoms with Crippen LogP contribution in [-0.4, -0.2) is 30.1 Å². The number of nitrogens with two attached hydrogens (primary N) is 1. The molecule has 0 atom stereocenters. The Bertz CT molecular complexity index is 388. The Labute approximate surface area is 115 Å². The van der Waals surface area contributed by atoms with E-state index >= 15 is 0 Å². The van der Waals surface area contributed by atoms with Gasteiger partial charge in [-0.15, -0.1) is 0 Å². The molecule has 4 nitrogen and oxygen atoms in total. The average Bonchev–Trinajstić information content (AvgIpc) is 2.39. The molecule has 0 aliphatic heterocycles. The SMILES string of the molecule is CCOC(=O)CN(Cc1ccc(CN)cc1)C(C)C. The number of rotatable bonds is 7. The minimum Gasteiger partial charge on any atom is -0.465 e. The zero-order valence-corrected chi connectivity index (χ0v) is 12.1. The highest BCUT2D eigenvalue weighted by Gasteiger charge is 2.15. The van der Waals surface area contributed by atoms with Crippen molar-refractivity contribution in [3.63, 3.8) is 0 Å². The highest BCUT2D eigenvalue weighted by molar-refractivity contribution is 5.71. The Morgan fingerprint density at radius 2 is 1.84 bits per heavy atom. The maximum Gasteiger partial charge on any atom is 0.320 e. The van der Waals surface area contributed by atoms with E-state index in [4.69, 9.17) is 10.5 Å². The van der Waals surface area contributed by atoms with E-state index in [0.717, 1.165) is 12.1 Å². The molecule has 4 heteroatoms. The van der Waals surface area contributed by atoms with Gasteiger partial charge in [-0.3, -0.25) is 9.69 Å². The smallest absolute Gasteiger partial charge is 0.320 e. The topological polar surface area (TPSA) is 55.6 Å². The summed E-state index contributed by atoms with van der Waals surface area (Å²) in [5.41, 5.74) is 7.87. The van der Waals surface area contributed by atoms with Gasteiger partial charge in [0.15, 0.2) is 0 Å². The molecular weight excluding hydrogens is 240 g/mol. The van der Waals surface area contributed by atoms with E-state index in [1.165, 1.54) is 5.56 Å². The van der Waals surface area contributed by atoms with Crippen LogP contribution in [0.15, 0.2) is 24.3 Å². The van der Waals surface area contributed by atoms with Crippen molar-refractivity contribution >= 4 is 5.97 Å². The normalized spacial score (nSPS) is 11.1. The Kier molecular flexibility index (Phi) is 6.53. The third-order valence-corrected chi connectivity index (χ3v) is 3.01. The molecule has 0 spiro atoms. The van der Waals surface area contributed by atoms with Crippen LogP contribution in [0, 0.1) is 0 Å². The summed E-state index contributed by atoms with van der Waals surface area (Å²) in [6, 6.07) is 8.46. The summed E-state index contributed by atoms with van der Waals surface area (Å²) in [6.07, 6.45) is 0. The maximum absolute atomic E-state index is 11.6. The Morgan fingerprint density at radius 1 is 1.26 bits per heavy atom. The van der Waals surface area contributed by atoms with Crippen LogP contribution in [-0.2, 0) is 22.6 Å². The molecule has 1 aromatic carbocycles. The lowest BCUT2D eigenvalue weighted by molar-refractivity contribution is -0.145. The predicted molar refractivity (Wildman–Crippen MR) is 76.5 cm³/mol. The number of carbonyl (C=O) groups is 1. The first kappa shape index (κ1) is 15.7. The number of ether oxygens (including phenoxy) is 1. The average molecular weight is 264 g/mol. The van der Waals surface area contributed by atoms with E-state index in [9.17, 15) is 4.79 Å². The van der Waals surface area contributed by atoms with Crippen molar-refractivity contribution in [1.29, 1.82) is 0 Å². The van der Waals surface area contributed by atoms with Crippen molar-refractivity contribution in [3.05, 3.63) is 35.4 Å². The van der Waals surface area contributed by atoms with Crippen LogP contribution >= 0.6 is 0 Å². The van der Waals surface area contributed by atoms with E-state index < -0.39 is 0 Å². The Morgan fingerprint density at radius 3 is 2.32 bits per heavy atom. The number of hydrogen-bond donors (Lipinski definition) is 1. The van der Waals surface area contributed by atoms with Crippen LogP contribution < -0.4 is 5.73 Å². The molecule has 0 heterocycles. The number of benzene rings is 1. The minimum absolute atomic E-state index is 0.172. The van der Waals surface area contributed by atoms with Crippen LogP contribution in [0.25, 0.3) is 0 Å². The molecular formula is C15H24N2O2. The van der Waals surface area contributed by atoms with Crippen molar-refractivity contribution in [3.8, 4) is 0 Å². The fraction of sp³-hybridized carbons (Fsp3) is 0.533. The second kappa shape index (κ2) is 7.92. The molecule has 19 heavy (non-hydrogen) atoms. The molecule has 2 N–H and O–H groups in total. The van der Waals surface area contributed by atoms with Gasteiger partial charge in [0.1, 0.15) is 0 Å². The van der Waals surface area contributed by atoms with Crippen molar-refractivity contribution in [2.75, 3.05) is 13.2 Å². The lowest BCUT2D eigenvalue weighted by Crippen LogP contribution is -2.36. The Balaban J connectivity index is 2.64. The summed E-state index contributed by atoms with van der Waals surface area (Å²) < 4.78 is 5.00. The molecule has 0 aromatic heterocycles. The summed E-state index contributed by atoms with van der Waals surface area (Å²) >= 11 is 0. The lowest BCUT2D eigenvalue weighted by Gasteiger charge is -2.25. The Hall–Kier alpha value is -1.39. The molecule has 0 saturated carbocycles. The molecule has 0 aliphatic rings. The number of carbonyl (C=O) groups excluding carboxylic acids is 1. The third kappa shape index (κ3) is 5.41. The van der Waals surface area contributed by atoms with Gasteiger partial charge < -0.3 is 10.5 Å².